The summed E-state index contributed by atoms with van der Waals surface area (Å²) < 4.78 is 13.8. The van der Waals surface area contributed by atoms with E-state index in [2.05, 4.69) is 20.4 Å². The number of carbonyl (C=O) groups is 1. The average Bonchev–Trinajstić information content (AvgIpc) is 2.48. The number of hydrogen-bond acceptors (Lipinski definition) is 3. The van der Waals surface area contributed by atoms with Crippen molar-refractivity contribution in [3.63, 3.8) is 0 Å². The van der Waals surface area contributed by atoms with Gasteiger partial charge in [0.15, 0.2) is 0 Å². The van der Waals surface area contributed by atoms with Gasteiger partial charge in [-0.05, 0) is 26.0 Å². The first-order chi connectivity index (χ1) is 10.6. The van der Waals surface area contributed by atoms with Crippen molar-refractivity contribution in [3.8, 4) is 0 Å². The molecule has 2 amide bonds. The fraction of sp³-hybridized carbons (Fsp3) is 0.562. The zero-order valence-corrected chi connectivity index (χ0v) is 13.3. The number of carbonyl (C=O) groups excluding carboxylic acids is 1. The lowest BCUT2D eigenvalue weighted by Gasteiger charge is -2.36. The summed E-state index contributed by atoms with van der Waals surface area (Å²) in [4.78, 5) is 15.8. The highest BCUT2D eigenvalue weighted by Crippen LogP contribution is 2.19. The topological polar surface area (TPSA) is 47.6 Å². The van der Waals surface area contributed by atoms with Crippen LogP contribution in [0, 0.1) is 5.82 Å². The van der Waals surface area contributed by atoms with Gasteiger partial charge < -0.3 is 15.5 Å². The van der Waals surface area contributed by atoms with Gasteiger partial charge in [0.1, 0.15) is 5.82 Å². The standard InChI is InChI=1S/C16H25FN4O/c1-13(2)19-16(22)18-7-8-20-9-11-21(12-10-20)15-6-4-3-5-14(15)17/h3-6,13H,7-12H2,1-2H3,(H2,18,19,22). The van der Waals surface area contributed by atoms with Crippen LogP contribution >= 0.6 is 0 Å². The molecule has 0 bridgehead atoms. The molecule has 6 heteroatoms. The van der Waals surface area contributed by atoms with Crippen molar-refractivity contribution >= 4 is 11.7 Å². The zero-order chi connectivity index (χ0) is 15.9. The summed E-state index contributed by atoms with van der Waals surface area (Å²) >= 11 is 0. The zero-order valence-electron chi connectivity index (χ0n) is 13.3. The largest absolute Gasteiger partial charge is 0.367 e. The van der Waals surface area contributed by atoms with E-state index in [0.29, 0.717) is 12.2 Å². The number of nitrogens with zero attached hydrogens (tertiary/aromatic N) is 2. The van der Waals surface area contributed by atoms with Crippen LogP contribution in [0.5, 0.6) is 0 Å². The van der Waals surface area contributed by atoms with Crippen LogP contribution in [0.2, 0.25) is 0 Å². The van der Waals surface area contributed by atoms with Gasteiger partial charge in [0.25, 0.3) is 0 Å². The van der Waals surface area contributed by atoms with Crippen molar-refractivity contribution in [2.24, 2.45) is 0 Å². The molecule has 1 fully saturated rings. The number of para-hydroxylation sites is 1. The van der Waals surface area contributed by atoms with E-state index < -0.39 is 0 Å². The summed E-state index contributed by atoms with van der Waals surface area (Å²) in [5, 5.41) is 5.64. The van der Waals surface area contributed by atoms with E-state index in [1.807, 2.05) is 26.0 Å². The van der Waals surface area contributed by atoms with Crippen LogP contribution in [0.3, 0.4) is 0 Å². The van der Waals surface area contributed by atoms with E-state index in [9.17, 15) is 9.18 Å². The second-order valence-corrected chi connectivity index (χ2v) is 5.84. The van der Waals surface area contributed by atoms with Crippen molar-refractivity contribution in [2.45, 2.75) is 19.9 Å². The van der Waals surface area contributed by atoms with E-state index in [-0.39, 0.29) is 17.9 Å². The quantitative estimate of drug-likeness (QED) is 0.869. The third-order valence-corrected chi connectivity index (χ3v) is 3.70. The number of piperazine rings is 1. The van der Waals surface area contributed by atoms with Crippen molar-refractivity contribution in [1.29, 1.82) is 0 Å². The molecule has 0 saturated carbocycles. The van der Waals surface area contributed by atoms with Gasteiger partial charge in [-0.3, -0.25) is 4.90 Å². The third kappa shape index (κ3) is 4.87. The summed E-state index contributed by atoms with van der Waals surface area (Å²) in [6.07, 6.45) is 0. The minimum Gasteiger partial charge on any atom is -0.367 e. The maximum atomic E-state index is 13.8. The van der Waals surface area contributed by atoms with Crippen LogP contribution < -0.4 is 15.5 Å². The minimum absolute atomic E-state index is 0.125. The van der Waals surface area contributed by atoms with Crippen LogP contribution in [0.1, 0.15) is 13.8 Å². The highest BCUT2D eigenvalue weighted by molar-refractivity contribution is 5.74. The van der Waals surface area contributed by atoms with Crippen molar-refractivity contribution in [3.05, 3.63) is 30.1 Å². The highest BCUT2D eigenvalue weighted by atomic mass is 19.1. The molecular formula is C16H25FN4O. The number of nitrogens with one attached hydrogen (secondary N) is 2. The van der Waals surface area contributed by atoms with Gasteiger partial charge in [0.05, 0.1) is 5.69 Å². The van der Waals surface area contributed by atoms with Gasteiger partial charge in [-0.15, -0.1) is 0 Å². The van der Waals surface area contributed by atoms with Crippen LogP contribution in [0.4, 0.5) is 14.9 Å². The number of amides is 2. The number of hydrogen-bond donors (Lipinski definition) is 2. The fourth-order valence-corrected chi connectivity index (χ4v) is 2.56. The highest BCUT2D eigenvalue weighted by Gasteiger charge is 2.18. The lowest BCUT2D eigenvalue weighted by atomic mass is 10.2. The molecule has 2 rings (SSSR count). The third-order valence-electron chi connectivity index (χ3n) is 3.70. The Hall–Kier alpha value is -1.82. The molecule has 0 aliphatic carbocycles. The second-order valence-electron chi connectivity index (χ2n) is 5.84. The Morgan fingerprint density at radius 2 is 1.91 bits per heavy atom. The Labute approximate surface area is 131 Å². The molecule has 1 aliphatic rings. The van der Waals surface area contributed by atoms with Gasteiger partial charge in [0.2, 0.25) is 0 Å². The molecule has 0 spiro atoms. The molecule has 0 aromatic heterocycles. The van der Waals surface area contributed by atoms with Gasteiger partial charge in [0, 0.05) is 45.3 Å². The Kier molecular flexibility index (Phi) is 6.00. The molecule has 2 N–H and O–H groups in total. The molecule has 1 heterocycles. The molecule has 1 aliphatic heterocycles. The Morgan fingerprint density at radius 3 is 2.55 bits per heavy atom. The smallest absolute Gasteiger partial charge is 0.315 e. The summed E-state index contributed by atoms with van der Waals surface area (Å²) in [5.41, 5.74) is 0.677. The SMILES string of the molecule is CC(C)NC(=O)NCCN1CCN(c2ccccc2F)CC1. The lowest BCUT2D eigenvalue weighted by Crippen LogP contribution is -2.49. The molecule has 0 atom stereocenters. The summed E-state index contributed by atoms with van der Waals surface area (Å²) in [6, 6.07) is 6.91. The maximum Gasteiger partial charge on any atom is 0.315 e. The number of rotatable bonds is 5. The molecule has 1 aromatic rings. The van der Waals surface area contributed by atoms with Crippen LogP contribution in [-0.2, 0) is 0 Å². The van der Waals surface area contributed by atoms with Crippen molar-refractivity contribution in [1.82, 2.24) is 15.5 Å². The number of anilines is 1. The van der Waals surface area contributed by atoms with Gasteiger partial charge >= 0.3 is 6.03 Å². The normalized spacial score (nSPS) is 15.9. The van der Waals surface area contributed by atoms with E-state index in [4.69, 9.17) is 0 Å². The molecule has 22 heavy (non-hydrogen) atoms. The average molecular weight is 308 g/mol. The molecular weight excluding hydrogens is 283 g/mol. The summed E-state index contributed by atoms with van der Waals surface area (Å²) in [6.45, 7) is 8.67. The number of urea groups is 1. The Balaban J connectivity index is 1.69. The van der Waals surface area contributed by atoms with E-state index in [1.54, 1.807) is 6.07 Å². The van der Waals surface area contributed by atoms with Gasteiger partial charge in [-0.2, -0.15) is 0 Å². The Morgan fingerprint density at radius 1 is 1.23 bits per heavy atom. The lowest BCUT2D eigenvalue weighted by molar-refractivity contribution is 0.230. The minimum atomic E-state index is -0.164. The predicted molar refractivity (Wildman–Crippen MR) is 86.7 cm³/mol. The fourth-order valence-electron chi connectivity index (χ4n) is 2.56. The van der Waals surface area contributed by atoms with Gasteiger partial charge in [-0.25, -0.2) is 9.18 Å². The van der Waals surface area contributed by atoms with Gasteiger partial charge in [-0.1, -0.05) is 12.1 Å². The first-order valence-corrected chi connectivity index (χ1v) is 7.82. The molecule has 1 saturated heterocycles. The van der Waals surface area contributed by atoms with Crippen molar-refractivity contribution < 1.29 is 9.18 Å². The number of halogens is 1. The number of benzene rings is 1. The monoisotopic (exact) mass is 308 g/mol. The molecule has 0 unspecified atom stereocenters. The first-order valence-electron chi connectivity index (χ1n) is 7.82. The van der Waals surface area contributed by atoms with E-state index >= 15 is 0 Å². The Bertz CT molecular complexity index is 487. The summed E-state index contributed by atoms with van der Waals surface area (Å²) in [7, 11) is 0. The molecule has 0 radical (unpaired) electrons. The maximum absolute atomic E-state index is 13.8. The molecule has 122 valence electrons. The predicted octanol–water partition coefficient (Wildman–Crippen LogP) is 1.66. The second kappa shape index (κ2) is 7.98. The summed E-state index contributed by atoms with van der Waals surface area (Å²) in [5.74, 6) is -0.164. The van der Waals surface area contributed by atoms with E-state index in [0.717, 1.165) is 32.7 Å². The van der Waals surface area contributed by atoms with Crippen LogP contribution in [-0.4, -0.2) is 56.2 Å². The first kappa shape index (κ1) is 16.5. The molecule has 5 nitrogen and oxygen atoms in total. The van der Waals surface area contributed by atoms with Crippen molar-refractivity contribution in [2.75, 3.05) is 44.2 Å². The van der Waals surface area contributed by atoms with E-state index in [1.165, 1.54) is 6.07 Å². The van der Waals surface area contributed by atoms with Crippen LogP contribution in [0.15, 0.2) is 24.3 Å². The van der Waals surface area contributed by atoms with Crippen LogP contribution in [0.25, 0.3) is 0 Å². The molecule has 1 aromatic carbocycles.